The first-order chi connectivity index (χ1) is 6.83. The van der Waals surface area contributed by atoms with Crippen molar-refractivity contribution < 1.29 is 17.8 Å². The SMILES string of the molecule is CC(=O)NC1(CS(=O)(=O)O)CCCCC1. The summed E-state index contributed by atoms with van der Waals surface area (Å²) in [6.07, 6.45) is 4.05. The Kier molecular flexibility index (Phi) is 3.72. The first-order valence-electron chi connectivity index (χ1n) is 5.07. The highest BCUT2D eigenvalue weighted by Gasteiger charge is 2.36. The molecule has 1 fully saturated rings. The maximum Gasteiger partial charge on any atom is 0.267 e. The van der Waals surface area contributed by atoms with Crippen molar-refractivity contribution in [1.29, 1.82) is 0 Å². The first kappa shape index (κ1) is 12.4. The summed E-state index contributed by atoms with van der Waals surface area (Å²) in [4.78, 5) is 11.0. The molecule has 0 radical (unpaired) electrons. The van der Waals surface area contributed by atoms with Gasteiger partial charge in [0.2, 0.25) is 5.91 Å². The average molecular weight is 235 g/mol. The molecule has 0 aromatic rings. The molecule has 0 heterocycles. The fourth-order valence-electron chi connectivity index (χ4n) is 2.26. The fraction of sp³-hybridized carbons (Fsp3) is 0.889. The number of carbonyl (C=O) groups excluding carboxylic acids is 1. The van der Waals surface area contributed by atoms with Crippen LogP contribution in [0, 0.1) is 0 Å². The molecule has 0 aromatic heterocycles. The van der Waals surface area contributed by atoms with Gasteiger partial charge >= 0.3 is 0 Å². The van der Waals surface area contributed by atoms with Crippen molar-refractivity contribution in [2.45, 2.75) is 44.6 Å². The number of hydrogen-bond donors (Lipinski definition) is 2. The molecule has 6 heteroatoms. The molecule has 1 amide bonds. The zero-order valence-corrected chi connectivity index (χ0v) is 9.64. The number of nitrogens with one attached hydrogen (secondary N) is 1. The quantitative estimate of drug-likeness (QED) is 0.706. The van der Waals surface area contributed by atoms with Gasteiger partial charge in [-0.3, -0.25) is 9.35 Å². The summed E-state index contributed by atoms with van der Waals surface area (Å²) in [6, 6.07) is 0. The van der Waals surface area contributed by atoms with Crippen molar-refractivity contribution in [3.05, 3.63) is 0 Å². The van der Waals surface area contributed by atoms with Gasteiger partial charge < -0.3 is 5.32 Å². The summed E-state index contributed by atoms with van der Waals surface area (Å²) in [5.74, 6) is -0.625. The van der Waals surface area contributed by atoms with Gasteiger partial charge in [0.15, 0.2) is 0 Å². The molecule has 88 valence electrons. The zero-order valence-electron chi connectivity index (χ0n) is 8.82. The molecule has 0 aliphatic heterocycles. The summed E-state index contributed by atoms with van der Waals surface area (Å²) < 4.78 is 30.6. The number of rotatable bonds is 3. The smallest absolute Gasteiger partial charge is 0.267 e. The second kappa shape index (κ2) is 4.49. The minimum atomic E-state index is -4.04. The Labute approximate surface area is 90.0 Å². The minimum Gasteiger partial charge on any atom is -0.350 e. The van der Waals surface area contributed by atoms with Crippen LogP contribution in [0.2, 0.25) is 0 Å². The summed E-state index contributed by atoms with van der Waals surface area (Å²) in [5, 5.41) is 2.67. The van der Waals surface area contributed by atoms with E-state index in [1.54, 1.807) is 0 Å². The highest BCUT2D eigenvalue weighted by Crippen LogP contribution is 2.29. The molecular formula is C9H17NO4S. The van der Waals surface area contributed by atoms with E-state index >= 15 is 0 Å². The summed E-state index contributed by atoms with van der Waals surface area (Å²) in [7, 11) is -4.04. The van der Waals surface area contributed by atoms with E-state index in [-0.39, 0.29) is 11.7 Å². The lowest BCUT2D eigenvalue weighted by molar-refractivity contribution is -0.121. The van der Waals surface area contributed by atoms with Crippen LogP contribution in [0.1, 0.15) is 39.0 Å². The molecule has 0 spiro atoms. The molecule has 1 saturated carbocycles. The third-order valence-electron chi connectivity index (χ3n) is 2.71. The Bertz CT molecular complexity index is 330. The fourth-order valence-corrected chi connectivity index (χ4v) is 3.32. The van der Waals surface area contributed by atoms with Crippen LogP contribution in [-0.4, -0.2) is 30.2 Å². The van der Waals surface area contributed by atoms with Gasteiger partial charge in [-0.2, -0.15) is 8.42 Å². The lowest BCUT2D eigenvalue weighted by atomic mass is 9.83. The predicted octanol–water partition coefficient (Wildman–Crippen LogP) is 0.713. The molecule has 15 heavy (non-hydrogen) atoms. The Hall–Kier alpha value is -0.620. The monoisotopic (exact) mass is 235 g/mol. The predicted molar refractivity (Wildman–Crippen MR) is 56.0 cm³/mol. The van der Waals surface area contributed by atoms with Crippen molar-refractivity contribution in [1.82, 2.24) is 5.32 Å². The van der Waals surface area contributed by atoms with Crippen molar-refractivity contribution in [2.24, 2.45) is 0 Å². The van der Waals surface area contributed by atoms with E-state index in [4.69, 9.17) is 4.55 Å². The van der Waals surface area contributed by atoms with Gasteiger partial charge in [0.1, 0.15) is 0 Å². The third-order valence-corrected chi connectivity index (χ3v) is 3.63. The zero-order chi connectivity index (χ0) is 11.5. The van der Waals surface area contributed by atoms with Crippen LogP contribution in [0.3, 0.4) is 0 Å². The molecule has 0 aromatic carbocycles. The highest BCUT2D eigenvalue weighted by molar-refractivity contribution is 7.85. The van der Waals surface area contributed by atoms with E-state index in [0.717, 1.165) is 19.3 Å². The number of hydrogen-bond acceptors (Lipinski definition) is 3. The Balaban J connectivity index is 2.79. The number of carbonyl (C=O) groups is 1. The first-order valence-corrected chi connectivity index (χ1v) is 6.68. The second-order valence-electron chi connectivity index (χ2n) is 4.25. The van der Waals surface area contributed by atoms with Crippen molar-refractivity contribution in [2.75, 3.05) is 5.75 Å². The van der Waals surface area contributed by atoms with Crippen LogP contribution in [-0.2, 0) is 14.9 Å². The highest BCUT2D eigenvalue weighted by atomic mass is 32.2. The molecule has 0 unspecified atom stereocenters. The minimum absolute atomic E-state index is 0.249. The normalized spacial score (nSPS) is 20.9. The number of amides is 1. The molecule has 2 N–H and O–H groups in total. The van der Waals surface area contributed by atoms with Gasteiger partial charge in [0, 0.05) is 6.92 Å². The van der Waals surface area contributed by atoms with Crippen LogP contribution in [0.15, 0.2) is 0 Å². The van der Waals surface area contributed by atoms with E-state index in [9.17, 15) is 13.2 Å². The molecule has 0 atom stereocenters. The topological polar surface area (TPSA) is 83.5 Å². The van der Waals surface area contributed by atoms with Gasteiger partial charge in [-0.05, 0) is 12.8 Å². The van der Waals surface area contributed by atoms with E-state index in [1.165, 1.54) is 6.92 Å². The Morgan fingerprint density at radius 3 is 2.27 bits per heavy atom. The van der Waals surface area contributed by atoms with Crippen LogP contribution >= 0.6 is 0 Å². The lowest BCUT2D eigenvalue weighted by Gasteiger charge is -2.36. The van der Waals surface area contributed by atoms with Gasteiger partial charge in [-0.1, -0.05) is 19.3 Å². The van der Waals surface area contributed by atoms with Crippen LogP contribution < -0.4 is 5.32 Å². The van der Waals surface area contributed by atoms with Crippen LogP contribution in [0.4, 0.5) is 0 Å². The Morgan fingerprint density at radius 1 is 1.33 bits per heavy atom. The standard InChI is InChI=1S/C9H17NO4S/c1-8(11)10-9(7-15(12,13)14)5-3-2-4-6-9/h2-7H2,1H3,(H,10,11)(H,12,13,14). The van der Waals surface area contributed by atoms with Crippen LogP contribution in [0.5, 0.6) is 0 Å². The molecule has 1 rings (SSSR count). The molecule has 0 saturated heterocycles. The van der Waals surface area contributed by atoms with E-state index in [2.05, 4.69) is 5.32 Å². The van der Waals surface area contributed by atoms with Crippen molar-refractivity contribution in [3.8, 4) is 0 Å². The third kappa shape index (κ3) is 4.17. The second-order valence-corrected chi connectivity index (χ2v) is 5.70. The summed E-state index contributed by atoms with van der Waals surface area (Å²) >= 11 is 0. The average Bonchev–Trinajstić information content (AvgIpc) is 1.99. The van der Waals surface area contributed by atoms with Gasteiger partial charge in [0.05, 0.1) is 11.3 Å². The summed E-state index contributed by atoms with van der Waals surface area (Å²) in [6.45, 7) is 1.36. The summed E-state index contributed by atoms with van der Waals surface area (Å²) in [5.41, 5.74) is -0.752. The molecule has 5 nitrogen and oxygen atoms in total. The largest absolute Gasteiger partial charge is 0.350 e. The van der Waals surface area contributed by atoms with Gasteiger partial charge in [-0.15, -0.1) is 0 Å². The molecule has 1 aliphatic rings. The maximum absolute atomic E-state index is 11.0. The van der Waals surface area contributed by atoms with Crippen molar-refractivity contribution >= 4 is 16.0 Å². The van der Waals surface area contributed by atoms with E-state index < -0.39 is 15.7 Å². The lowest BCUT2D eigenvalue weighted by Crippen LogP contribution is -2.53. The van der Waals surface area contributed by atoms with Gasteiger partial charge in [-0.25, -0.2) is 0 Å². The van der Waals surface area contributed by atoms with Crippen LogP contribution in [0.25, 0.3) is 0 Å². The maximum atomic E-state index is 11.0. The molecule has 0 bridgehead atoms. The van der Waals surface area contributed by atoms with E-state index in [1.807, 2.05) is 0 Å². The van der Waals surface area contributed by atoms with Crippen molar-refractivity contribution in [3.63, 3.8) is 0 Å². The molecular weight excluding hydrogens is 218 g/mol. The van der Waals surface area contributed by atoms with Gasteiger partial charge in [0.25, 0.3) is 10.1 Å². The Morgan fingerprint density at radius 2 is 1.87 bits per heavy atom. The molecule has 1 aliphatic carbocycles. The van der Waals surface area contributed by atoms with E-state index in [0.29, 0.717) is 12.8 Å².